The maximum atomic E-state index is 12.0. The molecular formula is C21H38N2O+2. The van der Waals surface area contributed by atoms with Crippen molar-refractivity contribution in [1.29, 1.82) is 0 Å². The Hall–Kier alpha value is -0.900. The fraction of sp³-hybridized carbons (Fsp3) is 0.714. The molecule has 1 aromatic carbocycles. The van der Waals surface area contributed by atoms with Gasteiger partial charge in [-0.15, -0.1) is 0 Å². The van der Waals surface area contributed by atoms with Crippen molar-refractivity contribution in [1.82, 2.24) is 0 Å². The van der Waals surface area contributed by atoms with Gasteiger partial charge in [-0.1, -0.05) is 30.3 Å². The highest BCUT2D eigenvalue weighted by atomic mass is 16.3. The van der Waals surface area contributed by atoms with Gasteiger partial charge in [0.25, 0.3) is 0 Å². The van der Waals surface area contributed by atoms with Gasteiger partial charge >= 0.3 is 0 Å². The number of nitrogens with zero attached hydrogens (tertiary/aromatic N) is 2. The number of rotatable bonds is 5. The first-order valence-electron chi connectivity index (χ1n) is 9.46. The average Bonchev–Trinajstić information content (AvgIpc) is 2.53. The summed E-state index contributed by atoms with van der Waals surface area (Å²) >= 11 is 0. The van der Waals surface area contributed by atoms with Gasteiger partial charge in [0.1, 0.15) is 5.60 Å². The maximum absolute atomic E-state index is 12.0. The molecule has 1 aliphatic rings. The van der Waals surface area contributed by atoms with Crippen LogP contribution in [-0.2, 0) is 5.60 Å². The zero-order valence-corrected chi connectivity index (χ0v) is 16.8. The minimum absolute atomic E-state index is 0.162. The Morgan fingerprint density at radius 1 is 1.17 bits per heavy atom. The molecule has 3 heteroatoms. The van der Waals surface area contributed by atoms with Crippen molar-refractivity contribution in [2.45, 2.75) is 45.8 Å². The van der Waals surface area contributed by atoms with E-state index >= 15 is 0 Å². The maximum Gasteiger partial charge on any atom is 0.111 e. The lowest BCUT2D eigenvalue weighted by Gasteiger charge is -2.58. The van der Waals surface area contributed by atoms with Gasteiger partial charge in [0.05, 0.1) is 58.8 Å². The van der Waals surface area contributed by atoms with Crippen LogP contribution >= 0.6 is 0 Å². The number of quaternary nitrogens is 2. The van der Waals surface area contributed by atoms with Crippen molar-refractivity contribution < 1.29 is 14.1 Å². The summed E-state index contributed by atoms with van der Waals surface area (Å²) < 4.78 is 1.97. The van der Waals surface area contributed by atoms with E-state index < -0.39 is 5.60 Å². The zero-order valence-electron chi connectivity index (χ0n) is 16.8. The smallest absolute Gasteiger partial charge is 0.111 e. The number of benzene rings is 1. The monoisotopic (exact) mass is 334 g/mol. The largest absolute Gasteiger partial charge is 0.384 e. The summed E-state index contributed by atoms with van der Waals surface area (Å²) in [7, 11) is 6.96. The van der Waals surface area contributed by atoms with Gasteiger partial charge in [-0.2, -0.15) is 0 Å². The van der Waals surface area contributed by atoms with Crippen LogP contribution in [0, 0.1) is 5.41 Å². The van der Waals surface area contributed by atoms with Crippen molar-refractivity contribution in [3.05, 3.63) is 35.9 Å². The van der Waals surface area contributed by atoms with Gasteiger partial charge in [-0.25, -0.2) is 0 Å². The Kier molecular flexibility index (Phi) is 5.21. The first-order valence-corrected chi connectivity index (χ1v) is 9.46. The molecule has 3 unspecified atom stereocenters. The lowest BCUT2D eigenvalue weighted by atomic mass is 9.62. The summed E-state index contributed by atoms with van der Waals surface area (Å²) in [6.45, 7) is 13.3. The molecule has 0 saturated carbocycles. The summed E-state index contributed by atoms with van der Waals surface area (Å²) in [4.78, 5) is 0. The van der Waals surface area contributed by atoms with E-state index in [1.54, 1.807) is 0 Å². The predicted octanol–water partition coefficient (Wildman–Crippen LogP) is 3.24. The Morgan fingerprint density at radius 3 is 2.21 bits per heavy atom. The van der Waals surface area contributed by atoms with E-state index in [1.165, 1.54) is 0 Å². The first kappa shape index (κ1) is 19.4. The molecule has 1 fully saturated rings. The summed E-state index contributed by atoms with van der Waals surface area (Å²) in [5.41, 5.74) is 0.147. The summed E-state index contributed by atoms with van der Waals surface area (Å²) in [6, 6.07) is 10.8. The van der Waals surface area contributed by atoms with E-state index in [4.69, 9.17) is 0 Å². The molecule has 1 aliphatic heterocycles. The quantitative estimate of drug-likeness (QED) is 0.820. The van der Waals surface area contributed by atoms with Crippen LogP contribution in [0.2, 0.25) is 0 Å². The second kappa shape index (κ2) is 6.44. The molecule has 3 atom stereocenters. The van der Waals surface area contributed by atoms with Gasteiger partial charge in [0.15, 0.2) is 0 Å². The number of piperidine rings is 1. The van der Waals surface area contributed by atoms with E-state index in [0.29, 0.717) is 6.04 Å². The summed E-state index contributed by atoms with van der Waals surface area (Å²) in [6.07, 6.45) is 0.813. The standard InChI is InChI=1S/C21H38N2O/c1-8-23(7,9-2)17-20(4)16-22(5,6)18(3)15-21(20,24)19-13-11-10-12-14-19/h10-14,18,24H,8-9,15-17H2,1-7H3/q+2. The van der Waals surface area contributed by atoms with Crippen LogP contribution in [0.25, 0.3) is 0 Å². The molecule has 0 aliphatic carbocycles. The van der Waals surface area contributed by atoms with E-state index in [-0.39, 0.29) is 5.41 Å². The summed E-state index contributed by atoms with van der Waals surface area (Å²) in [5, 5.41) is 12.0. The molecule has 1 saturated heterocycles. The van der Waals surface area contributed by atoms with E-state index in [2.05, 4.69) is 73.1 Å². The average molecular weight is 335 g/mol. The zero-order chi connectivity index (χ0) is 18.2. The fourth-order valence-electron chi connectivity index (χ4n) is 4.76. The van der Waals surface area contributed by atoms with Crippen LogP contribution in [0.15, 0.2) is 30.3 Å². The third-order valence-corrected chi connectivity index (χ3v) is 7.05. The Labute approximate surface area is 149 Å². The molecule has 2 rings (SSSR count). The Balaban J connectivity index is 2.53. The third kappa shape index (κ3) is 3.26. The van der Waals surface area contributed by atoms with Crippen molar-refractivity contribution in [3.8, 4) is 0 Å². The molecular weight excluding hydrogens is 296 g/mol. The number of aliphatic hydroxyl groups is 1. The SMILES string of the molecule is CC[N+](C)(CC)CC1(C)C[N+](C)(C)C(C)CC1(O)c1ccccc1. The highest BCUT2D eigenvalue weighted by molar-refractivity contribution is 5.26. The van der Waals surface area contributed by atoms with Crippen molar-refractivity contribution in [3.63, 3.8) is 0 Å². The van der Waals surface area contributed by atoms with Gasteiger partial charge in [0.2, 0.25) is 0 Å². The van der Waals surface area contributed by atoms with E-state index in [1.807, 2.05) is 6.07 Å². The molecule has 0 radical (unpaired) electrons. The van der Waals surface area contributed by atoms with Gasteiger partial charge in [-0.05, 0) is 33.3 Å². The molecule has 0 spiro atoms. The first-order chi connectivity index (χ1) is 11.0. The highest BCUT2D eigenvalue weighted by Crippen LogP contribution is 2.50. The Bertz CT molecular complexity index is 552. The van der Waals surface area contributed by atoms with Gasteiger partial charge in [-0.3, -0.25) is 0 Å². The van der Waals surface area contributed by atoms with Crippen LogP contribution in [-0.4, -0.2) is 67.4 Å². The van der Waals surface area contributed by atoms with Crippen molar-refractivity contribution in [2.24, 2.45) is 5.41 Å². The molecule has 3 nitrogen and oxygen atoms in total. The molecule has 1 heterocycles. The summed E-state index contributed by atoms with van der Waals surface area (Å²) in [5.74, 6) is 0. The molecule has 0 amide bonds. The molecule has 24 heavy (non-hydrogen) atoms. The molecule has 0 aromatic heterocycles. The lowest BCUT2D eigenvalue weighted by molar-refractivity contribution is -0.949. The number of likely N-dealkylation sites (tertiary alicyclic amines) is 1. The lowest BCUT2D eigenvalue weighted by Crippen LogP contribution is -2.70. The van der Waals surface area contributed by atoms with Crippen LogP contribution < -0.4 is 0 Å². The molecule has 1 aromatic rings. The van der Waals surface area contributed by atoms with E-state index in [0.717, 1.165) is 47.1 Å². The van der Waals surface area contributed by atoms with Gasteiger partial charge < -0.3 is 14.1 Å². The minimum atomic E-state index is -0.773. The van der Waals surface area contributed by atoms with Crippen LogP contribution in [0.1, 0.15) is 39.7 Å². The van der Waals surface area contributed by atoms with Crippen molar-refractivity contribution in [2.75, 3.05) is 47.3 Å². The van der Waals surface area contributed by atoms with Crippen LogP contribution in [0.3, 0.4) is 0 Å². The van der Waals surface area contributed by atoms with Crippen LogP contribution in [0.4, 0.5) is 0 Å². The second-order valence-electron chi connectivity index (χ2n) is 9.19. The second-order valence-corrected chi connectivity index (χ2v) is 9.19. The van der Waals surface area contributed by atoms with Crippen molar-refractivity contribution >= 4 is 0 Å². The third-order valence-electron chi connectivity index (χ3n) is 7.05. The normalized spacial score (nSPS) is 33.4. The fourth-order valence-corrected chi connectivity index (χ4v) is 4.76. The van der Waals surface area contributed by atoms with Crippen LogP contribution in [0.5, 0.6) is 0 Å². The van der Waals surface area contributed by atoms with Gasteiger partial charge in [0, 0.05) is 6.42 Å². The minimum Gasteiger partial charge on any atom is -0.384 e. The number of hydrogen-bond donors (Lipinski definition) is 1. The molecule has 136 valence electrons. The molecule has 1 N–H and O–H groups in total. The van der Waals surface area contributed by atoms with E-state index in [9.17, 15) is 5.11 Å². The predicted molar refractivity (Wildman–Crippen MR) is 102 cm³/mol. The Morgan fingerprint density at radius 2 is 1.71 bits per heavy atom. The highest BCUT2D eigenvalue weighted by Gasteiger charge is 2.60. The molecule has 0 bridgehead atoms. The number of hydrogen-bond acceptors (Lipinski definition) is 1. The topological polar surface area (TPSA) is 20.2 Å².